The Kier molecular flexibility index (Phi) is 5.83. The van der Waals surface area contributed by atoms with Crippen molar-refractivity contribution in [2.75, 3.05) is 11.9 Å². The van der Waals surface area contributed by atoms with Crippen LogP contribution >= 0.6 is 11.6 Å². The van der Waals surface area contributed by atoms with Crippen molar-refractivity contribution in [1.29, 1.82) is 0 Å². The molecule has 1 aromatic heterocycles. The van der Waals surface area contributed by atoms with Crippen molar-refractivity contribution < 1.29 is 18.8 Å². The molecule has 0 radical (unpaired) electrons. The Morgan fingerprint density at radius 2 is 2.00 bits per heavy atom. The van der Waals surface area contributed by atoms with E-state index in [1.807, 2.05) is 6.07 Å². The van der Waals surface area contributed by atoms with Gasteiger partial charge in [-0.1, -0.05) is 23.7 Å². The highest BCUT2D eigenvalue weighted by molar-refractivity contribution is 6.37. The second-order valence-electron chi connectivity index (χ2n) is 7.20. The number of hydrogen-bond acceptors (Lipinski definition) is 4. The third-order valence-corrected chi connectivity index (χ3v) is 5.36. The maximum atomic E-state index is 13.4. The molecule has 2 amide bonds. The van der Waals surface area contributed by atoms with Crippen LogP contribution in [0, 0.1) is 5.82 Å². The van der Waals surface area contributed by atoms with Crippen molar-refractivity contribution in [2.24, 2.45) is 0 Å². The number of amides is 2. The number of Topliss-reactive ketones (excluding diaryl/α,β-unsaturated/α-hetero) is 1. The fourth-order valence-corrected chi connectivity index (χ4v) is 3.56. The van der Waals surface area contributed by atoms with E-state index in [9.17, 15) is 18.8 Å². The summed E-state index contributed by atoms with van der Waals surface area (Å²) in [6.45, 7) is 0.284. The smallest absolute Gasteiger partial charge is 0.262 e. The standard InChI is InChI=1S/C24H17ClFN3O3/c1-29-21-7-5-16(23(31)28-13-15-3-2-8-27-12-15)11-17(21)22(30)18(24(29)32)9-14-4-6-20(26)19(25)10-14/h2-12H,13H2,1H3,(H,28,31)/b18-9+. The molecule has 0 saturated heterocycles. The Morgan fingerprint density at radius 1 is 1.19 bits per heavy atom. The first-order valence-corrected chi connectivity index (χ1v) is 10.0. The van der Waals surface area contributed by atoms with Crippen LogP contribution in [0.1, 0.15) is 31.8 Å². The molecule has 0 atom stereocenters. The molecule has 0 saturated carbocycles. The molecule has 2 aromatic carbocycles. The molecule has 1 aliphatic rings. The molecule has 8 heteroatoms. The number of likely N-dealkylation sites (N-methyl/N-ethyl adjacent to an activating group) is 1. The van der Waals surface area contributed by atoms with E-state index in [1.165, 1.54) is 29.2 Å². The van der Waals surface area contributed by atoms with Gasteiger partial charge in [-0.25, -0.2) is 4.39 Å². The SMILES string of the molecule is CN1C(=O)/C(=C/c2ccc(F)c(Cl)c2)C(=O)c2cc(C(=O)NCc3cccnc3)ccc21. The van der Waals surface area contributed by atoms with Crippen LogP contribution in [0.15, 0.2) is 66.5 Å². The average Bonchev–Trinajstić information content (AvgIpc) is 2.81. The first-order valence-electron chi connectivity index (χ1n) is 9.66. The van der Waals surface area contributed by atoms with Crippen molar-refractivity contribution in [2.45, 2.75) is 6.54 Å². The number of ketones is 1. The molecule has 0 spiro atoms. The number of aromatic nitrogens is 1. The number of carbonyl (C=O) groups is 3. The molecule has 3 aromatic rings. The summed E-state index contributed by atoms with van der Waals surface area (Å²) in [7, 11) is 1.54. The van der Waals surface area contributed by atoms with Crippen LogP contribution < -0.4 is 10.2 Å². The Bertz CT molecular complexity index is 1270. The molecular formula is C24H17ClFN3O3. The van der Waals surface area contributed by atoms with Crippen LogP contribution in [-0.4, -0.2) is 29.6 Å². The van der Waals surface area contributed by atoms with Gasteiger partial charge in [-0.05, 0) is 53.6 Å². The summed E-state index contributed by atoms with van der Waals surface area (Å²) in [6, 6.07) is 12.1. The second-order valence-corrected chi connectivity index (χ2v) is 7.61. The molecule has 2 heterocycles. The number of pyridine rings is 1. The van der Waals surface area contributed by atoms with Gasteiger partial charge < -0.3 is 10.2 Å². The van der Waals surface area contributed by atoms with E-state index < -0.39 is 17.5 Å². The summed E-state index contributed by atoms with van der Waals surface area (Å²) in [4.78, 5) is 43.8. The topological polar surface area (TPSA) is 79.4 Å². The molecule has 160 valence electrons. The normalized spacial score (nSPS) is 14.5. The van der Waals surface area contributed by atoms with E-state index in [-0.39, 0.29) is 34.2 Å². The molecule has 0 bridgehead atoms. The van der Waals surface area contributed by atoms with Crippen LogP contribution in [0.5, 0.6) is 0 Å². The fraction of sp³-hybridized carbons (Fsp3) is 0.0833. The van der Waals surface area contributed by atoms with Crippen LogP contribution in [0.2, 0.25) is 5.02 Å². The number of carbonyl (C=O) groups excluding carboxylic acids is 3. The number of fused-ring (bicyclic) bond motifs is 1. The van der Waals surface area contributed by atoms with Crippen molar-refractivity contribution >= 4 is 41.0 Å². The van der Waals surface area contributed by atoms with Crippen LogP contribution in [0.25, 0.3) is 6.08 Å². The number of nitrogens with zero attached hydrogens (tertiary/aromatic N) is 2. The fourth-order valence-electron chi connectivity index (χ4n) is 3.37. The molecule has 32 heavy (non-hydrogen) atoms. The van der Waals surface area contributed by atoms with Crippen molar-refractivity contribution in [3.63, 3.8) is 0 Å². The molecule has 0 unspecified atom stereocenters. The maximum Gasteiger partial charge on any atom is 0.262 e. The van der Waals surface area contributed by atoms with Crippen molar-refractivity contribution in [3.05, 3.63) is 99.6 Å². The lowest BCUT2D eigenvalue weighted by Gasteiger charge is -2.27. The molecule has 1 aliphatic heterocycles. The van der Waals surface area contributed by atoms with Crippen molar-refractivity contribution in [3.8, 4) is 0 Å². The number of nitrogens with one attached hydrogen (secondary N) is 1. The lowest BCUT2D eigenvalue weighted by Crippen LogP contribution is -2.37. The van der Waals surface area contributed by atoms with E-state index in [2.05, 4.69) is 10.3 Å². The van der Waals surface area contributed by atoms with Crippen LogP contribution in [0.3, 0.4) is 0 Å². The van der Waals surface area contributed by atoms with Gasteiger partial charge in [0.2, 0.25) is 5.78 Å². The molecule has 0 aliphatic carbocycles. The maximum absolute atomic E-state index is 13.4. The van der Waals surface area contributed by atoms with Crippen molar-refractivity contribution in [1.82, 2.24) is 10.3 Å². The van der Waals surface area contributed by atoms with Crippen LogP contribution in [-0.2, 0) is 11.3 Å². The summed E-state index contributed by atoms with van der Waals surface area (Å²) < 4.78 is 13.4. The van der Waals surface area contributed by atoms with E-state index in [0.29, 0.717) is 11.3 Å². The predicted molar refractivity (Wildman–Crippen MR) is 119 cm³/mol. The highest BCUT2D eigenvalue weighted by Crippen LogP contribution is 2.31. The molecule has 4 rings (SSSR count). The van der Waals surface area contributed by atoms with Gasteiger partial charge in [-0.3, -0.25) is 19.4 Å². The summed E-state index contributed by atoms with van der Waals surface area (Å²) in [5, 5.41) is 2.67. The zero-order chi connectivity index (χ0) is 22.8. The third kappa shape index (κ3) is 4.15. The number of halogens is 2. The van der Waals surface area contributed by atoms with Gasteiger partial charge in [0.25, 0.3) is 11.8 Å². The Morgan fingerprint density at radius 3 is 2.72 bits per heavy atom. The Balaban J connectivity index is 1.64. The molecule has 1 N–H and O–H groups in total. The molecular weight excluding hydrogens is 433 g/mol. The third-order valence-electron chi connectivity index (χ3n) is 5.07. The van der Waals surface area contributed by atoms with Crippen LogP contribution in [0.4, 0.5) is 10.1 Å². The number of anilines is 1. The summed E-state index contributed by atoms with van der Waals surface area (Å²) in [5.41, 5.74) is 2.06. The summed E-state index contributed by atoms with van der Waals surface area (Å²) in [5.74, 6) is -1.98. The van der Waals surface area contributed by atoms with E-state index >= 15 is 0 Å². The highest BCUT2D eigenvalue weighted by atomic mass is 35.5. The number of rotatable bonds is 4. The minimum atomic E-state index is -0.598. The number of benzene rings is 2. The molecule has 6 nitrogen and oxygen atoms in total. The zero-order valence-electron chi connectivity index (χ0n) is 16.9. The van der Waals surface area contributed by atoms with Gasteiger partial charge in [0.15, 0.2) is 0 Å². The first-order chi connectivity index (χ1) is 15.3. The zero-order valence-corrected chi connectivity index (χ0v) is 17.7. The minimum Gasteiger partial charge on any atom is -0.348 e. The van der Waals surface area contributed by atoms with Gasteiger partial charge in [0.1, 0.15) is 5.82 Å². The van der Waals surface area contributed by atoms with Gasteiger partial charge in [0.05, 0.1) is 16.3 Å². The first kappa shape index (κ1) is 21.4. The minimum absolute atomic E-state index is 0.101. The highest BCUT2D eigenvalue weighted by Gasteiger charge is 2.33. The van der Waals surface area contributed by atoms with Gasteiger partial charge in [-0.15, -0.1) is 0 Å². The quantitative estimate of drug-likeness (QED) is 0.481. The number of hydrogen-bond donors (Lipinski definition) is 1. The average molecular weight is 450 g/mol. The van der Waals surface area contributed by atoms with Gasteiger partial charge in [0, 0.05) is 37.1 Å². The summed E-state index contributed by atoms with van der Waals surface area (Å²) >= 11 is 5.81. The lowest BCUT2D eigenvalue weighted by atomic mass is 9.92. The summed E-state index contributed by atoms with van der Waals surface area (Å²) in [6.07, 6.45) is 4.66. The molecule has 0 fully saturated rings. The largest absolute Gasteiger partial charge is 0.348 e. The van der Waals surface area contributed by atoms with E-state index in [1.54, 1.807) is 37.6 Å². The second kappa shape index (κ2) is 8.72. The Hall–Kier alpha value is -3.84. The Labute approximate surface area is 188 Å². The van der Waals surface area contributed by atoms with Gasteiger partial charge >= 0.3 is 0 Å². The predicted octanol–water partition coefficient (Wildman–Crippen LogP) is 4.05. The lowest BCUT2D eigenvalue weighted by molar-refractivity contribution is -0.114. The van der Waals surface area contributed by atoms with E-state index in [0.717, 1.165) is 11.6 Å². The van der Waals surface area contributed by atoms with Gasteiger partial charge in [-0.2, -0.15) is 0 Å². The monoisotopic (exact) mass is 449 g/mol. The van der Waals surface area contributed by atoms with E-state index in [4.69, 9.17) is 11.6 Å².